The number of ether oxygens (including phenoxy) is 2. The lowest BCUT2D eigenvalue weighted by atomic mass is 10.1. The molecule has 0 bridgehead atoms. The highest BCUT2D eigenvalue weighted by Gasteiger charge is 2.19. The van der Waals surface area contributed by atoms with Crippen molar-refractivity contribution in [2.75, 3.05) is 25.1 Å². The molecular weight excluding hydrogens is 462 g/mol. The molecule has 33 heavy (non-hydrogen) atoms. The first kappa shape index (κ1) is 23.2. The van der Waals surface area contributed by atoms with Crippen LogP contribution in [-0.4, -0.2) is 39.1 Å². The third-order valence-electron chi connectivity index (χ3n) is 5.23. The van der Waals surface area contributed by atoms with Gasteiger partial charge < -0.3 is 14.8 Å². The Morgan fingerprint density at radius 2 is 1.85 bits per heavy atom. The van der Waals surface area contributed by atoms with Gasteiger partial charge in [-0.3, -0.25) is 4.79 Å². The zero-order valence-corrected chi connectivity index (χ0v) is 20.0. The number of carbonyl (C=O) groups is 1. The number of hydrogen-bond donors (Lipinski definition) is 2. The molecule has 3 aromatic rings. The standard InChI is InChI=1S/C23H25N3O5S2/c1-15-4-5-17(12-16(15)2)19-14-32-23(25-19)26-22(27)8-9-24-33(28,29)18-6-7-20-21(13-18)31-11-3-10-30-20/h4-7,12-14,24H,3,8-11H2,1-2H3,(H,25,26,27). The van der Waals surface area contributed by atoms with Crippen molar-refractivity contribution in [3.63, 3.8) is 0 Å². The van der Waals surface area contributed by atoms with Crippen LogP contribution in [0.1, 0.15) is 24.0 Å². The maximum Gasteiger partial charge on any atom is 0.240 e. The van der Waals surface area contributed by atoms with Gasteiger partial charge in [0.1, 0.15) is 0 Å². The first-order valence-corrected chi connectivity index (χ1v) is 12.9. The number of aromatic nitrogens is 1. The van der Waals surface area contributed by atoms with Gasteiger partial charge in [-0.2, -0.15) is 0 Å². The minimum atomic E-state index is -3.79. The van der Waals surface area contributed by atoms with Crippen LogP contribution in [-0.2, 0) is 14.8 Å². The summed E-state index contributed by atoms with van der Waals surface area (Å²) < 4.78 is 38.7. The molecule has 1 amide bonds. The molecule has 0 aliphatic carbocycles. The van der Waals surface area contributed by atoms with Gasteiger partial charge in [-0.1, -0.05) is 12.1 Å². The molecule has 4 rings (SSSR count). The van der Waals surface area contributed by atoms with Gasteiger partial charge in [0.05, 0.1) is 23.8 Å². The predicted octanol–water partition coefficient (Wildman–Crippen LogP) is 3.90. The normalized spacial score (nSPS) is 13.4. The number of benzene rings is 2. The van der Waals surface area contributed by atoms with Gasteiger partial charge in [0, 0.05) is 36.4 Å². The van der Waals surface area contributed by atoms with Gasteiger partial charge in [-0.25, -0.2) is 18.1 Å². The predicted molar refractivity (Wildman–Crippen MR) is 128 cm³/mol. The Kier molecular flexibility index (Phi) is 6.96. The van der Waals surface area contributed by atoms with Crippen molar-refractivity contribution in [2.24, 2.45) is 0 Å². The first-order valence-electron chi connectivity index (χ1n) is 10.5. The van der Waals surface area contributed by atoms with Gasteiger partial charge in [-0.05, 0) is 43.2 Å². The van der Waals surface area contributed by atoms with Crippen LogP contribution in [0.25, 0.3) is 11.3 Å². The molecule has 2 N–H and O–H groups in total. The minimum absolute atomic E-state index is 0.0255. The van der Waals surface area contributed by atoms with Crippen LogP contribution in [0.15, 0.2) is 46.7 Å². The van der Waals surface area contributed by atoms with Crippen molar-refractivity contribution in [1.29, 1.82) is 0 Å². The molecule has 1 aromatic heterocycles. The molecule has 1 aliphatic heterocycles. The average Bonchev–Trinajstić information content (AvgIpc) is 3.10. The largest absolute Gasteiger partial charge is 0.490 e. The third-order valence-corrected chi connectivity index (χ3v) is 7.44. The Hall–Kier alpha value is -2.95. The van der Waals surface area contributed by atoms with E-state index in [1.165, 1.54) is 34.6 Å². The highest BCUT2D eigenvalue weighted by atomic mass is 32.2. The first-order chi connectivity index (χ1) is 15.8. The Bertz CT molecular complexity index is 1270. The van der Waals surface area contributed by atoms with Crippen molar-refractivity contribution in [3.05, 3.63) is 52.9 Å². The van der Waals surface area contributed by atoms with E-state index in [1.807, 2.05) is 24.4 Å². The van der Waals surface area contributed by atoms with Crippen molar-refractivity contribution < 1.29 is 22.7 Å². The Morgan fingerprint density at radius 1 is 1.06 bits per heavy atom. The van der Waals surface area contributed by atoms with Gasteiger partial charge in [0.2, 0.25) is 15.9 Å². The summed E-state index contributed by atoms with van der Waals surface area (Å²) in [6.45, 7) is 5.04. The number of nitrogens with zero attached hydrogens (tertiary/aromatic N) is 1. The molecule has 174 valence electrons. The molecule has 10 heteroatoms. The SMILES string of the molecule is Cc1ccc(-c2csc(NC(=O)CCNS(=O)(=O)c3ccc4c(c3)OCCCO4)n2)cc1C. The number of sulfonamides is 1. The van der Waals surface area contributed by atoms with E-state index in [2.05, 4.69) is 28.0 Å². The third kappa shape index (κ3) is 5.70. The van der Waals surface area contributed by atoms with Crippen molar-refractivity contribution >= 4 is 32.4 Å². The second-order valence-corrected chi connectivity index (χ2v) is 10.3. The fraction of sp³-hybridized carbons (Fsp3) is 0.304. The zero-order chi connectivity index (χ0) is 23.4. The summed E-state index contributed by atoms with van der Waals surface area (Å²) in [5.74, 6) is 0.600. The Morgan fingerprint density at radius 3 is 2.64 bits per heavy atom. The molecule has 1 aliphatic rings. The van der Waals surface area contributed by atoms with Gasteiger partial charge in [0.25, 0.3) is 0 Å². The van der Waals surface area contributed by atoms with Crippen LogP contribution in [0.4, 0.5) is 5.13 Å². The van der Waals surface area contributed by atoms with E-state index in [0.717, 1.165) is 17.7 Å². The van der Waals surface area contributed by atoms with Gasteiger partial charge in [0.15, 0.2) is 16.6 Å². The van der Waals surface area contributed by atoms with E-state index >= 15 is 0 Å². The summed E-state index contributed by atoms with van der Waals surface area (Å²) in [7, 11) is -3.79. The molecule has 0 saturated carbocycles. The van der Waals surface area contributed by atoms with Crippen molar-refractivity contribution in [1.82, 2.24) is 9.71 Å². The lowest BCUT2D eigenvalue weighted by Crippen LogP contribution is -2.27. The van der Waals surface area contributed by atoms with Crippen LogP contribution in [0, 0.1) is 13.8 Å². The molecule has 2 aromatic carbocycles. The lowest BCUT2D eigenvalue weighted by molar-refractivity contribution is -0.116. The number of aryl methyl sites for hydroxylation is 2. The number of nitrogens with one attached hydrogen (secondary N) is 2. The van der Waals surface area contributed by atoms with E-state index in [1.54, 1.807) is 6.07 Å². The molecule has 0 atom stereocenters. The van der Waals surface area contributed by atoms with Gasteiger partial charge in [-0.15, -0.1) is 11.3 Å². The highest BCUT2D eigenvalue weighted by Crippen LogP contribution is 2.32. The summed E-state index contributed by atoms with van der Waals surface area (Å²) in [6, 6.07) is 10.6. The average molecular weight is 488 g/mol. The number of carbonyl (C=O) groups excluding carboxylic acids is 1. The fourth-order valence-corrected chi connectivity index (χ4v) is 5.02. The molecule has 8 nitrogen and oxygen atoms in total. The number of hydrogen-bond acceptors (Lipinski definition) is 7. The van der Waals surface area contributed by atoms with E-state index in [0.29, 0.717) is 29.8 Å². The summed E-state index contributed by atoms with van der Waals surface area (Å²) in [5.41, 5.74) is 4.15. The molecule has 0 saturated heterocycles. The summed E-state index contributed by atoms with van der Waals surface area (Å²) in [6.07, 6.45) is 0.706. The topological polar surface area (TPSA) is 107 Å². The fourth-order valence-electron chi connectivity index (χ4n) is 3.24. The van der Waals surface area contributed by atoms with Crippen LogP contribution in [0.2, 0.25) is 0 Å². The number of fused-ring (bicyclic) bond motifs is 1. The monoisotopic (exact) mass is 487 g/mol. The van der Waals surface area contributed by atoms with E-state index in [9.17, 15) is 13.2 Å². The second-order valence-electron chi connectivity index (χ2n) is 7.69. The second kappa shape index (κ2) is 9.90. The van der Waals surface area contributed by atoms with Crippen molar-refractivity contribution in [3.8, 4) is 22.8 Å². The van der Waals surface area contributed by atoms with E-state index in [-0.39, 0.29) is 23.8 Å². The molecule has 0 unspecified atom stereocenters. The Balaban J connectivity index is 1.32. The summed E-state index contributed by atoms with van der Waals surface area (Å²) in [5, 5.41) is 5.08. The van der Waals surface area contributed by atoms with Crippen LogP contribution < -0.4 is 19.5 Å². The number of amides is 1. The zero-order valence-electron chi connectivity index (χ0n) is 18.4. The molecule has 0 fully saturated rings. The Labute approximate surface area is 197 Å². The lowest BCUT2D eigenvalue weighted by Gasteiger charge is -2.10. The van der Waals surface area contributed by atoms with Crippen molar-refractivity contribution in [2.45, 2.75) is 31.6 Å². The molecular formula is C23H25N3O5S2. The number of rotatable bonds is 7. The summed E-state index contributed by atoms with van der Waals surface area (Å²) >= 11 is 1.33. The van der Waals surface area contributed by atoms with Crippen LogP contribution in [0.5, 0.6) is 11.5 Å². The molecule has 0 spiro atoms. The van der Waals surface area contributed by atoms with E-state index < -0.39 is 10.0 Å². The summed E-state index contributed by atoms with van der Waals surface area (Å²) in [4.78, 5) is 16.8. The minimum Gasteiger partial charge on any atom is -0.490 e. The molecule has 2 heterocycles. The van der Waals surface area contributed by atoms with Crippen LogP contribution >= 0.6 is 11.3 Å². The highest BCUT2D eigenvalue weighted by molar-refractivity contribution is 7.89. The maximum atomic E-state index is 12.6. The van der Waals surface area contributed by atoms with Crippen LogP contribution in [0.3, 0.4) is 0 Å². The van der Waals surface area contributed by atoms with E-state index in [4.69, 9.17) is 9.47 Å². The smallest absolute Gasteiger partial charge is 0.240 e. The molecule has 0 radical (unpaired) electrons. The number of thiazole rings is 1. The quantitative estimate of drug-likeness (QED) is 0.524. The maximum absolute atomic E-state index is 12.6. The number of anilines is 1. The van der Waals surface area contributed by atoms with Gasteiger partial charge >= 0.3 is 0 Å².